The summed E-state index contributed by atoms with van der Waals surface area (Å²) in [7, 11) is 0. The van der Waals surface area contributed by atoms with Gasteiger partial charge in [-0.3, -0.25) is 9.59 Å². The normalized spacial score (nSPS) is 22.6. The van der Waals surface area contributed by atoms with E-state index in [1.807, 2.05) is 0 Å². The molecule has 1 heterocycles. The van der Waals surface area contributed by atoms with Crippen LogP contribution in [0.5, 0.6) is 0 Å². The third kappa shape index (κ3) is 1.69. The third-order valence-electron chi connectivity index (χ3n) is 1.96. The van der Waals surface area contributed by atoms with Crippen molar-refractivity contribution < 1.29 is 14.7 Å². The van der Waals surface area contributed by atoms with E-state index in [1.165, 1.54) is 6.92 Å². The van der Waals surface area contributed by atoms with Gasteiger partial charge in [0.2, 0.25) is 5.91 Å². The molecule has 0 spiro atoms. The third-order valence-corrected chi connectivity index (χ3v) is 1.96. The summed E-state index contributed by atoms with van der Waals surface area (Å²) in [6.45, 7) is 2.18. The van der Waals surface area contributed by atoms with Crippen LogP contribution in [0.15, 0.2) is 0 Å². The van der Waals surface area contributed by atoms with Gasteiger partial charge in [-0.15, -0.1) is 0 Å². The molecule has 0 aromatic heterocycles. The van der Waals surface area contributed by atoms with Crippen LogP contribution >= 0.6 is 0 Å². The summed E-state index contributed by atoms with van der Waals surface area (Å²) in [4.78, 5) is 22.6. The van der Waals surface area contributed by atoms with Crippen LogP contribution in [0.25, 0.3) is 0 Å². The van der Waals surface area contributed by atoms with Crippen molar-refractivity contribution in [3.63, 3.8) is 0 Å². The molecule has 1 amide bonds. The van der Waals surface area contributed by atoms with Gasteiger partial charge in [-0.1, -0.05) is 0 Å². The first kappa shape index (κ1) is 8.04. The number of hydrogen-bond acceptors (Lipinski definition) is 2. The first-order valence-corrected chi connectivity index (χ1v) is 3.60. The van der Waals surface area contributed by atoms with Crippen molar-refractivity contribution in [2.75, 3.05) is 6.54 Å². The Morgan fingerprint density at radius 3 is 2.55 bits per heavy atom. The van der Waals surface area contributed by atoms with Gasteiger partial charge in [0, 0.05) is 19.5 Å². The molecule has 1 saturated heterocycles. The molecule has 0 aromatic rings. The van der Waals surface area contributed by atoms with Crippen molar-refractivity contribution in [2.45, 2.75) is 25.8 Å². The minimum atomic E-state index is -0.832. The molecule has 1 unspecified atom stereocenters. The molecule has 0 saturated carbocycles. The molecule has 4 heteroatoms. The highest BCUT2D eigenvalue weighted by molar-refractivity contribution is 5.76. The highest BCUT2D eigenvalue weighted by atomic mass is 16.4. The van der Waals surface area contributed by atoms with E-state index in [9.17, 15) is 9.59 Å². The highest BCUT2D eigenvalue weighted by Gasteiger charge is 2.31. The number of aliphatic carboxylic acids is 1. The second-order valence-electron chi connectivity index (χ2n) is 2.75. The molecule has 1 aliphatic heterocycles. The maximum Gasteiger partial charge on any atom is 0.305 e. The highest BCUT2D eigenvalue weighted by Crippen LogP contribution is 2.19. The number of carbonyl (C=O) groups is 2. The minimum absolute atomic E-state index is 0.0255. The Kier molecular flexibility index (Phi) is 2.12. The average Bonchev–Trinajstić information content (AvgIpc) is 1.78. The molecule has 1 N–H and O–H groups in total. The number of carbonyl (C=O) groups excluding carboxylic acids is 1. The van der Waals surface area contributed by atoms with Crippen LogP contribution < -0.4 is 0 Å². The molecule has 4 nitrogen and oxygen atoms in total. The van der Waals surface area contributed by atoms with Crippen LogP contribution in [0.1, 0.15) is 19.8 Å². The Hall–Kier alpha value is -1.06. The Balaban J connectivity index is 2.37. The fourth-order valence-electron chi connectivity index (χ4n) is 1.27. The minimum Gasteiger partial charge on any atom is -0.481 e. The lowest BCUT2D eigenvalue weighted by atomic mass is 10.00. The Morgan fingerprint density at radius 2 is 2.27 bits per heavy atom. The molecule has 0 aliphatic carbocycles. The predicted molar refractivity (Wildman–Crippen MR) is 38.0 cm³/mol. The van der Waals surface area contributed by atoms with Crippen LogP contribution in [0, 0.1) is 0 Å². The largest absolute Gasteiger partial charge is 0.481 e. The lowest BCUT2D eigenvalue weighted by molar-refractivity contribution is -0.144. The van der Waals surface area contributed by atoms with E-state index in [-0.39, 0.29) is 18.4 Å². The van der Waals surface area contributed by atoms with E-state index in [0.29, 0.717) is 6.54 Å². The van der Waals surface area contributed by atoms with E-state index >= 15 is 0 Å². The van der Waals surface area contributed by atoms with Crippen molar-refractivity contribution in [1.29, 1.82) is 0 Å². The van der Waals surface area contributed by atoms with Crippen molar-refractivity contribution in [3.05, 3.63) is 0 Å². The topological polar surface area (TPSA) is 57.6 Å². The Labute approximate surface area is 64.8 Å². The van der Waals surface area contributed by atoms with Gasteiger partial charge >= 0.3 is 5.97 Å². The lowest BCUT2D eigenvalue weighted by Gasteiger charge is -2.39. The van der Waals surface area contributed by atoms with Crippen molar-refractivity contribution >= 4 is 11.9 Å². The van der Waals surface area contributed by atoms with E-state index < -0.39 is 5.97 Å². The van der Waals surface area contributed by atoms with E-state index in [4.69, 9.17) is 5.11 Å². The Bertz CT molecular complexity index is 190. The molecule has 62 valence electrons. The van der Waals surface area contributed by atoms with Crippen molar-refractivity contribution in [2.24, 2.45) is 0 Å². The van der Waals surface area contributed by atoms with Crippen molar-refractivity contribution in [1.82, 2.24) is 4.90 Å². The first-order valence-electron chi connectivity index (χ1n) is 3.60. The fourth-order valence-corrected chi connectivity index (χ4v) is 1.27. The fraction of sp³-hybridized carbons (Fsp3) is 0.714. The summed E-state index contributed by atoms with van der Waals surface area (Å²) in [5, 5.41) is 8.41. The van der Waals surface area contributed by atoms with Crippen LogP contribution in [0.4, 0.5) is 0 Å². The molecular formula is C7H11NO3. The SMILES string of the molecule is CC(=O)N1CCC1CC(=O)O. The number of hydrogen-bond donors (Lipinski definition) is 1. The zero-order valence-corrected chi connectivity index (χ0v) is 6.41. The molecule has 0 aromatic carbocycles. The summed E-state index contributed by atoms with van der Waals surface area (Å²) >= 11 is 0. The molecule has 0 radical (unpaired) electrons. The van der Waals surface area contributed by atoms with Gasteiger partial charge in [0.05, 0.1) is 6.42 Å². The van der Waals surface area contributed by atoms with Gasteiger partial charge in [-0.2, -0.15) is 0 Å². The Morgan fingerprint density at radius 1 is 1.64 bits per heavy atom. The van der Waals surface area contributed by atoms with E-state index in [2.05, 4.69) is 0 Å². The number of amides is 1. The maximum absolute atomic E-state index is 10.8. The van der Waals surface area contributed by atoms with Gasteiger partial charge in [0.1, 0.15) is 0 Å². The summed E-state index contributed by atoms with van der Waals surface area (Å²) < 4.78 is 0. The summed E-state index contributed by atoms with van der Waals surface area (Å²) in [5.74, 6) is -0.858. The zero-order valence-electron chi connectivity index (χ0n) is 6.41. The van der Waals surface area contributed by atoms with Gasteiger partial charge in [0.25, 0.3) is 0 Å². The molecule has 1 aliphatic rings. The lowest BCUT2D eigenvalue weighted by Crippen LogP contribution is -2.50. The maximum atomic E-state index is 10.8. The number of nitrogens with zero attached hydrogens (tertiary/aromatic N) is 1. The summed E-state index contributed by atoms with van der Waals surface area (Å²) in [6.07, 6.45) is 0.908. The number of rotatable bonds is 2. The molecule has 1 fully saturated rings. The number of carboxylic acid groups (broad SMARTS) is 1. The van der Waals surface area contributed by atoms with Crippen LogP contribution in [-0.4, -0.2) is 34.5 Å². The van der Waals surface area contributed by atoms with Gasteiger partial charge in [0.15, 0.2) is 0 Å². The predicted octanol–water partition coefficient (Wildman–Crippen LogP) is 0.0819. The summed E-state index contributed by atoms with van der Waals surface area (Å²) in [6, 6.07) is -0.0509. The van der Waals surface area contributed by atoms with Crippen LogP contribution in [0.2, 0.25) is 0 Å². The first-order chi connectivity index (χ1) is 5.11. The monoisotopic (exact) mass is 157 g/mol. The van der Waals surface area contributed by atoms with Crippen molar-refractivity contribution in [3.8, 4) is 0 Å². The van der Waals surface area contributed by atoms with Crippen LogP contribution in [-0.2, 0) is 9.59 Å². The molecule has 1 rings (SSSR count). The second-order valence-corrected chi connectivity index (χ2v) is 2.75. The average molecular weight is 157 g/mol. The molecule has 11 heavy (non-hydrogen) atoms. The summed E-state index contributed by atoms with van der Waals surface area (Å²) in [5.41, 5.74) is 0. The van der Waals surface area contributed by atoms with E-state index in [0.717, 1.165) is 6.42 Å². The smallest absolute Gasteiger partial charge is 0.305 e. The number of carboxylic acids is 1. The quantitative estimate of drug-likeness (QED) is 0.617. The second kappa shape index (κ2) is 2.90. The molecule has 1 atom stereocenters. The van der Waals surface area contributed by atoms with Crippen LogP contribution in [0.3, 0.4) is 0 Å². The van der Waals surface area contributed by atoms with E-state index in [1.54, 1.807) is 4.90 Å². The molecular weight excluding hydrogens is 146 g/mol. The van der Waals surface area contributed by atoms with Gasteiger partial charge in [-0.25, -0.2) is 0 Å². The zero-order chi connectivity index (χ0) is 8.43. The standard InChI is InChI=1S/C7H11NO3/c1-5(9)8-3-2-6(8)4-7(10)11/h6H,2-4H2,1H3,(H,10,11). The van der Waals surface area contributed by atoms with Gasteiger partial charge < -0.3 is 10.0 Å². The number of likely N-dealkylation sites (tertiary alicyclic amines) is 1. The molecule has 0 bridgehead atoms. The van der Waals surface area contributed by atoms with Gasteiger partial charge in [-0.05, 0) is 6.42 Å².